The van der Waals surface area contributed by atoms with Gasteiger partial charge >= 0.3 is 0 Å². The van der Waals surface area contributed by atoms with Crippen LogP contribution in [0, 0.1) is 6.92 Å². The zero-order chi connectivity index (χ0) is 8.55. The van der Waals surface area contributed by atoms with E-state index >= 15 is 0 Å². The van der Waals surface area contributed by atoms with Crippen LogP contribution in [0.5, 0.6) is 0 Å². The second kappa shape index (κ2) is 2.72. The van der Waals surface area contributed by atoms with Gasteiger partial charge in [0.1, 0.15) is 5.15 Å². The lowest BCUT2D eigenvalue weighted by atomic mass is 10.2. The summed E-state index contributed by atoms with van der Waals surface area (Å²) in [5, 5.41) is 0.551. The van der Waals surface area contributed by atoms with Crippen LogP contribution in [0.25, 0.3) is 11.0 Å². The van der Waals surface area contributed by atoms with Gasteiger partial charge in [-0.2, -0.15) is 0 Å². The van der Waals surface area contributed by atoms with Gasteiger partial charge < -0.3 is 0 Å². The van der Waals surface area contributed by atoms with Crippen LogP contribution in [0.4, 0.5) is 0 Å². The van der Waals surface area contributed by atoms with Crippen molar-refractivity contribution in [2.24, 2.45) is 0 Å². The molecule has 12 heavy (non-hydrogen) atoms. The third kappa shape index (κ3) is 1.14. The summed E-state index contributed by atoms with van der Waals surface area (Å²) in [5.74, 6) is 0. The van der Waals surface area contributed by atoms with Crippen LogP contribution in [0.3, 0.4) is 0 Å². The zero-order valence-corrected chi connectivity index (χ0v) is 7.34. The predicted octanol–water partition coefficient (Wildman–Crippen LogP) is 2.59. The molecule has 0 aliphatic rings. The van der Waals surface area contributed by atoms with E-state index in [9.17, 15) is 0 Å². The molecule has 0 aliphatic heterocycles. The molecule has 0 N–H and O–H groups in total. The van der Waals surface area contributed by atoms with Crippen LogP contribution < -0.4 is 0 Å². The Labute approximate surface area is 75.2 Å². The molecule has 0 spiro atoms. The largest absolute Gasteiger partial charge is 0.255 e. The number of pyridine rings is 2. The van der Waals surface area contributed by atoms with E-state index in [0.717, 1.165) is 16.6 Å². The summed E-state index contributed by atoms with van der Waals surface area (Å²) in [6.07, 6.45) is 1.75. The van der Waals surface area contributed by atoms with Crippen molar-refractivity contribution in [1.82, 2.24) is 9.97 Å². The molecule has 0 aliphatic carbocycles. The van der Waals surface area contributed by atoms with E-state index in [4.69, 9.17) is 11.6 Å². The molecule has 0 radical (unpaired) electrons. The molecular weight excluding hydrogens is 172 g/mol. The molecule has 0 saturated carbocycles. The number of fused-ring (bicyclic) bond motifs is 1. The molecule has 0 bridgehead atoms. The van der Waals surface area contributed by atoms with Gasteiger partial charge in [0, 0.05) is 6.20 Å². The van der Waals surface area contributed by atoms with Crippen LogP contribution in [0.2, 0.25) is 5.15 Å². The first-order valence-electron chi connectivity index (χ1n) is 3.65. The lowest BCUT2D eigenvalue weighted by Crippen LogP contribution is -1.85. The van der Waals surface area contributed by atoms with Gasteiger partial charge in [-0.1, -0.05) is 11.6 Å². The first kappa shape index (κ1) is 7.50. The molecule has 3 heteroatoms. The van der Waals surface area contributed by atoms with Gasteiger partial charge in [-0.25, -0.2) is 4.98 Å². The highest BCUT2D eigenvalue weighted by Gasteiger charge is 1.99. The van der Waals surface area contributed by atoms with Crippen LogP contribution in [0.1, 0.15) is 5.56 Å². The van der Waals surface area contributed by atoms with E-state index in [1.807, 2.05) is 25.1 Å². The molecule has 0 unspecified atom stereocenters. The number of rotatable bonds is 0. The van der Waals surface area contributed by atoms with Crippen LogP contribution in [-0.2, 0) is 0 Å². The van der Waals surface area contributed by atoms with Gasteiger partial charge in [0.2, 0.25) is 0 Å². The number of aromatic nitrogens is 2. The molecule has 2 rings (SSSR count). The van der Waals surface area contributed by atoms with E-state index in [0.29, 0.717) is 5.15 Å². The van der Waals surface area contributed by atoms with Crippen molar-refractivity contribution in [3.8, 4) is 0 Å². The van der Waals surface area contributed by atoms with E-state index in [1.165, 1.54) is 0 Å². The minimum Gasteiger partial charge on any atom is -0.255 e. The third-order valence-electron chi connectivity index (χ3n) is 1.71. The Morgan fingerprint density at radius 1 is 1.33 bits per heavy atom. The molecule has 0 saturated heterocycles. The van der Waals surface area contributed by atoms with Crippen LogP contribution in [0.15, 0.2) is 24.4 Å². The number of hydrogen-bond donors (Lipinski definition) is 0. The molecule has 2 aromatic heterocycles. The van der Waals surface area contributed by atoms with Gasteiger partial charge in [-0.15, -0.1) is 0 Å². The summed E-state index contributed by atoms with van der Waals surface area (Å²) in [4.78, 5) is 8.34. The molecule has 0 aromatic carbocycles. The summed E-state index contributed by atoms with van der Waals surface area (Å²) < 4.78 is 0. The maximum atomic E-state index is 5.85. The Hall–Kier alpha value is -1.15. The van der Waals surface area contributed by atoms with E-state index in [-0.39, 0.29) is 0 Å². The highest BCUT2D eigenvalue weighted by Crippen LogP contribution is 2.17. The Morgan fingerprint density at radius 3 is 3.00 bits per heavy atom. The van der Waals surface area contributed by atoms with E-state index < -0.39 is 0 Å². The standard InChI is InChI=1S/C9H7ClN2/c1-6-5-8-7(12-9(6)10)3-2-4-11-8/h2-5H,1H3. The summed E-state index contributed by atoms with van der Waals surface area (Å²) >= 11 is 5.85. The van der Waals surface area contributed by atoms with Crippen LogP contribution in [-0.4, -0.2) is 9.97 Å². The highest BCUT2D eigenvalue weighted by molar-refractivity contribution is 6.30. The summed E-state index contributed by atoms with van der Waals surface area (Å²) in [6.45, 7) is 1.92. The smallest absolute Gasteiger partial charge is 0.132 e. The SMILES string of the molecule is Cc1cc2ncccc2nc1Cl. The molecule has 60 valence electrons. The van der Waals surface area contributed by atoms with Gasteiger partial charge in [0.15, 0.2) is 0 Å². The average molecular weight is 179 g/mol. The number of nitrogens with zero attached hydrogens (tertiary/aromatic N) is 2. The molecule has 0 atom stereocenters. The van der Waals surface area contributed by atoms with Gasteiger partial charge in [-0.3, -0.25) is 4.98 Å². The average Bonchev–Trinajstić information content (AvgIpc) is 2.07. The molecular formula is C9H7ClN2. The Kier molecular flexibility index (Phi) is 1.70. The van der Waals surface area contributed by atoms with Crippen LogP contribution >= 0.6 is 11.6 Å². The van der Waals surface area contributed by atoms with Crippen molar-refractivity contribution in [3.63, 3.8) is 0 Å². The lowest BCUT2D eigenvalue weighted by molar-refractivity contribution is 1.29. The predicted molar refractivity (Wildman–Crippen MR) is 49.3 cm³/mol. The minimum absolute atomic E-state index is 0.551. The van der Waals surface area contributed by atoms with Crippen molar-refractivity contribution < 1.29 is 0 Å². The third-order valence-corrected chi connectivity index (χ3v) is 2.10. The molecule has 0 fully saturated rings. The second-order valence-electron chi connectivity index (χ2n) is 2.64. The van der Waals surface area contributed by atoms with Gasteiger partial charge in [0.05, 0.1) is 11.0 Å². The topological polar surface area (TPSA) is 25.8 Å². The molecule has 0 amide bonds. The van der Waals surface area contributed by atoms with Crippen molar-refractivity contribution in [1.29, 1.82) is 0 Å². The highest BCUT2D eigenvalue weighted by atomic mass is 35.5. The number of hydrogen-bond acceptors (Lipinski definition) is 2. The van der Waals surface area contributed by atoms with E-state index in [1.54, 1.807) is 6.20 Å². The minimum atomic E-state index is 0.551. The van der Waals surface area contributed by atoms with Gasteiger partial charge in [-0.05, 0) is 30.7 Å². The van der Waals surface area contributed by atoms with Crippen molar-refractivity contribution in [2.45, 2.75) is 6.92 Å². The molecule has 2 nitrogen and oxygen atoms in total. The first-order chi connectivity index (χ1) is 5.77. The molecule has 2 heterocycles. The first-order valence-corrected chi connectivity index (χ1v) is 4.03. The fourth-order valence-electron chi connectivity index (χ4n) is 1.07. The fraction of sp³-hybridized carbons (Fsp3) is 0.111. The Balaban J connectivity index is 2.84. The maximum Gasteiger partial charge on any atom is 0.132 e. The Morgan fingerprint density at radius 2 is 2.17 bits per heavy atom. The normalized spacial score (nSPS) is 10.5. The van der Waals surface area contributed by atoms with Gasteiger partial charge in [0.25, 0.3) is 0 Å². The Bertz CT molecular complexity index is 385. The summed E-state index contributed by atoms with van der Waals surface area (Å²) in [6, 6.07) is 5.68. The lowest BCUT2D eigenvalue weighted by Gasteiger charge is -1.98. The number of aryl methyl sites for hydroxylation is 1. The quantitative estimate of drug-likeness (QED) is 0.580. The van der Waals surface area contributed by atoms with Crippen molar-refractivity contribution >= 4 is 22.6 Å². The zero-order valence-electron chi connectivity index (χ0n) is 6.58. The van der Waals surface area contributed by atoms with E-state index in [2.05, 4.69) is 9.97 Å². The summed E-state index contributed by atoms with van der Waals surface area (Å²) in [7, 11) is 0. The van der Waals surface area contributed by atoms with Crippen molar-refractivity contribution in [3.05, 3.63) is 35.1 Å². The summed E-state index contributed by atoms with van der Waals surface area (Å²) in [5.41, 5.74) is 2.69. The molecule has 2 aromatic rings. The number of halogens is 1. The second-order valence-corrected chi connectivity index (χ2v) is 3.00. The van der Waals surface area contributed by atoms with Crippen molar-refractivity contribution in [2.75, 3.05) is 0 Å². The maximum absolute atomic E-state index is 5.85. The monoisotopic (exact) mass is 178 g/mol. The fourth-order valence-corrected chi connectivity index (χ4v) is 1.22.